The second kappa shape index (κ2) is 4.37. The number of hydrogen-bond acceptors (Lipinski definition) is 2. The van der Waals surface area contributed by atoms with E-state index >= 15 is 0 Å². The Morgan fingerprint density at radius 2 is 2.00 bits per heavy atom. The molecular formula is C10H13F2NO. The van der Waals surface area contributed by atoms with Gasteiger partial charge in [-0.2, -0.15) is 0 Å². The zero-order valence-electron chi connectivity index (χ0n) is 8.18. The maximum absolute atomic E-state index is 13.4. The van der Waals surface area contributed by atoms with Crippen LogP contribution in [0.15, 0.2) is 12.1 Å². The summed E-state index contributed by atoms with van der Waals surface area (Å²) in [6.45, 7) is 3.43. The molecule has 0 spiro atoms. The van der Waals surface area contributed by atoms with Crippen LogP contribution in [0.3, 0.4) is 0 Å². The Kier molecular flexibility index (Phi) is 3.41. The van der Waals surface area contributed by atoms with E-state index < -0.39 is 11.6 Å². The largest absolute Gasteiger partial charge is 0.485 e. The van der Waals surface area contributed by atoms with Gasteiger partial charge in [-0.05, 0) is 19.9 Å². The van der Waals surface area contributed by atoms with Gasteiger partial charge in [0.2, 0.25) is 0 Å². The van der Waals surface area contributed by atoms with E-state index in [1.807, 2.05) is 0 Å². The van der Waals surface area contributed by atoms with Crippen molar-refractivity contribution in [2.24, 2.45) is 5.73 Å². The summed E-state index contributed by atoms with van der Waals surface area (Å²) in [5, 5.41) is 0. The molecule has 2 N–H and O–H groups in total. The molecule has 0 saturated heterocycles. The first-order valence-electron chi connectivity index (χ1n) is 4.39. The van der Waals surface area contributed by atoms with E-state index in [4.69, 9.17) is 10.5 Å². The molecule has 0 atom stereocenters. The second-order valence-corrected chi connectivity index (χ2v) is 3.22. The van der Waals surface area contributed by atoms with Crippen LogP contribution in [0.5, 0.6) is 5.75 Å². The van der Waals surface area contributed by atoms with E-state index in [1.165, 1.54) is 6.07 Å². The third-order valence-corrected chi connectivity index (χ3v) is 1.70. The number of ether oxygens (including phenoxy) is 1. The van der Waals surface area contributed by atoms with E-state index in [-0.39, 0.29) is 24.0 Å². The van der Waals surface area contributed by atoms with Crippen LogP contribution < -0.4 is 10.5 Å². The van der Waals surface area contributed by atoms with Gasteiger partial charge in [-0.1, -0.05) is 6.07 Å². The Morgan fingerprint density at radius 1 is 1.36 bits per heavy atom. The predicted octanol–water partition coefficient (Wildman–Crippen LogP) is 2.21. The Hall–Kier alpha value is -1.16. The number of nitrogens with two attached hydrogens (primary N) is 1. The van der Waals surface area contributed by atoms with Gasteiger partial charge in [-0.15, -0.1) is 0 Å². The Labute approximate surface area is 81.7 Å². The minimum absolute atomic E-state index is 0.0283. The molecule has 0 fully saturated rings. The van der Waals surface area contributed by atoms with Crippen LogP contribution in [0.1, 0.15) is 19.4 Å². The third kappa shape index (κ3) is 2.20. The van der Waals surface area contributed by atoms with Crippen molar-refractivity contribution in [3.63, 3.8) is 0 Å². The van der Waals surface area contributed by atoms with Crippen LogP contribution in [0.25, 0.3) is 0 Å². The molecule has 0 unspecified atom stereocenters. The Balaban J connectivity index is 3.11. The Bertz CT molecular complexity index is 326. The van der Waals surface area contributed by atoms with Crippen molar-refractivity contribution in [1.29, 1.82) is 0 Å². The fourth-order valence-electron chi connectivity index (χ4n) is 1.07. The van der Waals surface area contributed by atoms with Gasteiger partial charge in [0.1, 0.15) is 0 Å². The fourth-order valence-corrected chi connectivity index (χ4v) is 1.07. The smallest absolute Gasteiger partial charge is 0.191 e. The normalized spacial score (nSPS) is 10.7. The quantitative estimate of drug-likeness (QED) is 0.813. The minimum atomic E-state index is -0.707. The van der Waals surface area contributed by atoms with Gasteiger partial charge < -0.3 is 10.5 Å². The second-order valence-electron chi connectivity index (χ2n) is 3.22. The SMILES string of the molecule is CC(C)Oc1c(F)ccc(CN)c1F. The van der Waals surface area contributed by atoms with E-state index in [0.717, 1.165) is 6.07 Å². The molecule has 2 nitrogen and oxygen atoms in total. The predicted molar refractivity (Wildman–Crippen MR) is 50.0 cm³/mol. The molecule has 1 aromatic carbocycles. The van der Waals surface area contributed by atoms with Crippen LogP contribution in [-0.2, 0) is 6.54 Å². The molecule has 0 bridgehead atoms. The van der Waals surface area contributed by atoms with Crippen molar-refractivity contribution in [3.05, 3.63) is 29.3 Å². The van der Waals surface area contributed by atoms with E-state index in [1.54, 1.807) is 13.8 Å². The molecule has 14 heavy (non-hydrogen) atoms. The van der Waals surface area contributed by atoms with Crippen LogP contribution in [-0.4, -0.2) is 6.10 Å². The van der Waals surface area contributed by atoms with Gasteiger partial charge in [0.05, 0.1) is 6.10 Å². The van der Waals surface area contributed by atoms with Crippen LogP contribution in [0.2, 0.25) is 0 Å². The molecule has 0 amide bonds. The zero-order chi connectivity index (χ0) is 10.7. The van der Waals surface area contributed by atoms with E-state index in [9.17, 15) is 8.78 Å². The van der Waals surface area contributed by atoms with Crippen molar-refractivity contribution < 1.29 is 13.5 Å². The molecule has 0 aliphatic carbocycles. The number of halogens is 2. The topological polar surface area (TPSA) is 35.2 Å². The highest BCUT2D eigenvalue weighted by atomic mass is 19.1. The van der Waals surface area contributed by atoms with Crippen molar-refractivity contribution in [1.82, 2.24) is 0 Å². The lowest BCUT2D eigenvalue weighted by Crippen LogP contribution is -2.11. The highest BCUT2D eigenvalue weighted by Crippen LogP contribution is 2.25. The number of benzene rings is 1. The first-order chi connectivity index (χ1) is 6.56. The first-order valence-corrected chi connectivity index (χ1v) is 4.39. The molecule has 0 aromatic heterocycles. The van der Waals surface area contributed by atoms with Gasteiger partial charge in [0, 0.05) is 12.1 Å². The highest BCUT2D eigenvalue weighted by Gasteiger charge is 2.15. The monoisotopic (exact) mass is 201 g/mol. The molecule has 1 aromatic rings. The van der Waals surface area contributed by atoms with Gasteiger partial charge in [-0.3, -0.25) is 0 Å². The third-order valence-electron chi connectivity index (χ3n) is 1.70. The average Bonchev–Trinajstić information content (AvgIpc) is 2.12. The van der Waals surface area contributed by atoms with Crippen molar-refractivity contribution in [2.75, 3.05) is 0 Å². The summed E-state index contributed by atoms with van der Waals surface area (Å²) in [5.41, 5.74) is 5.53. The van der Waals surface area contributed by atoms with Gasteiger partial charge in [0.15, 0.2) is 17.4 Å². The van der Waals surface area contributed by atoms with Gasteiger partial charge in [0.25, 0.3) is 0 Å². The molecule has 1 rings (SSSR count). The maximum Gasteiger partial charge on any atom is 0.191 e. The average molecular weight is 201 g/mol. The van der Waals surface area contributed by atoms with Gasteiger partial charge in [-0.25, -0.2) is 8.78 Å². The van der Waals surface area contributed by atoms with E-state index in [0.29, 0.717) is 0 Å². The lowest BCUT2D eigenvalue weighted by molar-refractivity contribution is 0.219. The highest BCUT2D eigenvalue weighted by molar-refractivity contribution is 5.32. The summed E-state index contributed by atoms with van der Waals surface area (Å²) in [5.74, 6) is -1.75. The molecule has 4 heteroatoms. The summed E-state index contributed by atoms with van der Waals surface area (Å²) >= 11 is 0. The van der Waals surface area contributed by atoms with Crippen molar-refractivity contribution in [2.45, 2.75) is 26.5 Å². The summed E-state index contributed by atoms with van der Waals surface area (Å²) in [6, 6.07) is 2.47. The van der Waals surface area contributed by atoms with E-state index in [2.05, 4.69) is 0 Å². The Morgan fingerprint density at radius 3 is 2.50 bits per heavy atom. The number of rotatable bonds is 3. The molecule has 78 valence electrons. The van der Waals surface area contributed by atoms with Gasteiger partial charge >= 0.3 is 0 Å². The summed E-state index contributed by atoms with van der Waals surface area (Å²) in [6.07, 6.45) is -0.271. The standard InChI is InChI=1S/C10H13F2NO/c1-6(2)14-10-8(11)4-3-7(5-13)9(10)12/h3-4,6H,5,13H2,1-2H3. The summed E-state index contributed by atoms with van der Waals surface area (Å²) in [7, 11) is 0. The summed E-state index contributed by atoms with van der Waals surface area (Å²) in [4.78, 5) is 0. The molecular weight excluding hydrogens is 188 g/mol. The molecule has 0 saturated carbocycles. The van der Waals surface area contributed by atoms with Crippen LogP contribution in [0, 0.1) is 11.6 Å². The number of hydrogen-bond donors (Lipinski definition) is 1. The first kappa shape index (κ1) is 10.9. The zero-order valence-corrected chi connectivity index (χ0v) is 8.18. The summed E-state index contributed by atoms with van der Waals surface area (Å²) < 4.78 is 31.6. The molecule has 0 aliphatic rings. The van der Waals surface area contributed by atoms with Crippen LogP contribution in [0.4, 0.5) is 8.78 Å². The lowest BCUT2D eigenvalue weighted by Gasteiger charge is -2.12. The van der Waals surface area contributed by atoms with Crippen LogP contribution >= 0.6 is 0 Å². The fraction of sp³-hybridized carbons (Fsp3) is 0.400. The molecule has 0 heterocycles. The molecule has 0 aliphatic heterocycles. The lowest BCUT2D eigenvalue weighted by atomic mass is 10.2. The molecule has 0 radical (unpaired) electrons. The maximum atomic E-state index is 13.4. The van der Waals surface area contributed by atoms with Crippen molar-refractivity contribution in [3.8, 4) is 5.75 Å². The minimum Gasteiger partial charge on any atom is -0.485 e. The van der Waals surface area contributed by atoms with Crippen molar-refractivity contribution >= 4 is 0 Å².